The second-order valence-electron chi connectivity index (χ2n) is 4.64. The molecule has 2 aromatic rings. The average molecular weight is 299 g/mol. The summed E-state index contributed by atoms with van der Waals surface area (Å²) in [6.07, 6.45) is 3.18. The van der Waals surface area contributed by atoms with E-state index in [0.29, 0.717) is 42.8 Å². The highest BCUT2D eigenvalue weighted by atomic mass is 16.6. The zero-order chi connectivity index (χ0) is 15.4. The van der Waals surface area contributed by atoms with Gasteiger partial charge in [-0.1, -0.05) is 6.08 Å². The van der Waals surface area contributed by atoms with E-state index in [1.54, 1.807) is 6.08 Å². The number of benzene rings is 1. The van der Waals surface area contributed by atoms with E-state index in [1.807, 2.05) is 18.2 Å². The van der Waals surface area contributed by atoms with Crippen molar-refractivity contribution in [2.24, 2.45) is 0 Å². The molecule has 1 aliphatic rings. The Labute approximate surface area is 128 Å². The second-order valence-corrected chi connectivity index (χ2v) is 4.64. The van der Waals surface area contributed by atoms with E-state index in [0.717, 1.165) is 11.4 Å². The van der Waals surface area contributed by atoms with Crippen molar-refractivity contribution in [3.63, 3.8) is 0 Å². The third-order valence-electron chi connectivity index (χ3n) is 3.10. The SMILES string of the molecule is C=CCNc1ncnc(Nc2ccc3c(c2)OCCO3)c1N. The first-order valence-electron chi connectivity index (χ1n) is 6.90. The normalized spacial score (nSPS) is 12.5. The Morgan fingerprint density at radius 1 is 1.18 bits per heavy atom. The van der Waals surface area contributed by atoms with Gasteiger partial charge in [0.05, 0.1) is 0 Å². The molecule has 7 nitrogen and oxygen atoms in total. The summed E-state index contributed by atoms with van der Waals surface area (Å²) >= 11 is 0. The molecule has 4 N–H and O–H groups in total. The third kappa shape index (κ3) is 2.88. The number of hydrogen-bond acceptors (Lipinski definition) is 7. The van der Waals surface area contributed by atoms with Gasteiger partial charge in [0.2, 0.25) is 0 Å². The van der Waals surface area contributed by atoms with Crippen LogP contribution in [-0.4, -0.2) is 29.7 Å². The van der Waals surface area contributed by atoms with Crippen LogP contribution in [0.3, 0.4) is 0 Å². The predicted molar refractivity (Wildman–Crippen MR) is 85.8 cm³/mol. The van der Waals surface area contributed by atoms with Gasteiger partial charge in [0, 0.05) is 18.3 Å². The zero-order valence-electron chi connectivity index (χ0n) is 12.0. The summed E-state index contributed by atoms with van der Waals surface area (Å²) < 4.78 is 11.0. The van der Waals surface area contributed by atoms with Crippen molar-refractivity contribution < 1.29 is 9.47 Å². The van der Waals surface area contributed by atoms with Gasteiger partial charge >= 0.3 is 0 Å². The number of hydrogen-bond donors (Lipinski definition) is 3. The van der Waals surface area contributed by atoms with Gasteiger partial charge in [-0.15, -0.1) is 6.58 Å². The highest BCUT2D eigenvalue weighted by molar-refractivity contribution is 5.78. The van der Waals surface area contributed by atoms with E-state index < -0.39 is 0 Å². The van der Waals surface area contributed by atoms with Crippen molar-refractivity contribution in [2.75, 3.05) is 36.1 Å². The van der Waals surface area contributed by atoms with Crippen molar-refractivity contribution in [3.8, 4) is 11.5 Å². The first kappa shape index (κ1) is 14.0. The van der Waals surface area contributed by atoms with Crippen LogP contribution in [0.2, 0.25) is 0 Å². The topological polar surface area (TPSA) is 94.3 Å². The number of nitrogens with zero attached hydrogens (tertiary/aromatic N) is 2. The lowest BCUT2D eigenvalue weighted by atomic mass is 10.2. The molecule has 22 heavy (non-hydrogen) atoms. The molecule has 1 aromatic heterocycles. The fraction of sp³-hybridized carbons (Fsp3) is 0.200. The van der Waals surface area contributed by atoms with Crippen LogP contribution in [0.5, 0.6) is 11.5 Å². The lowest BCUT2D eigenvalue weighted by Gasteiger charge is -2.19. The molecule has 1 aromatic carbocycles. The van der Waals surface area contributed by atoms with Crippen molar-refractivity contribution in [1.82, 2.24) is 9.97 Å². The Balaban J connectivity index is 1.82. The number of nitrogen functional groups attached to an aromatic ring is 1. The van der Waals surface area contributed by atoms with Crippen LogP contribution in [0.4, 0.5) is 23.0 Å². The zero-order valence-corrected chi connectivity index (χ0v) is 12.0. The first-order valence-corrected chi connectivity index (χ1v) is 6.90. The number of nitrogens with one attached hydrogen (secondary N) is 2. The minimum absolute atomic E-state index is 0.444. The molecule has 0 saturated carbocycles. The lowest BCUT2D eigenvalue weighted by molar-refractivity contribution is 0.171. The fourth-order valence-corrected chi connectivity index (χ4v) is 2.06. The maximum atomic E-state index is 6.07. The van der Waals surface area contributed by atoms with Gasteiger partial charge in [-0.2, -0.15) is 0 Å². The minimum Gasteiger partial charge on any atom is -0.486 e. The molecule has 2 heterocycles. The molecular weight excluding hydrogens is 282 g/mol. The summed E-state index contributed by atoms with van der Waals surface area (Å²) in [7, 11) is 0. The van der Waals surface area contributed by atoms with Gasteiger partial charge in [-0.05, 0) is 12.1 Å². The molecule has 0 saturated heterocycles. The van der Waals surface area contributed by atoms with Crippen LogP contribution in [0.1, 0.15) is 0 Å². The molecule has 0 aliphatic carbocycles. The summed E-state index contributed by atoms with van der Waals surface area (Å²) in [4.78, 5) is 8.28. The van der Waals surface area contributed by atoms with Gasteiger partial charge in [-0.25, -0.2) is 9.97 Å². The van der Waals surface area contributed by atoms with E-state index in [1.165, 1.54) is 6.33 Å². The predicted octanol–water partition coefficient (Wildman–Crippen LogP) is 2.17. The maximum absolute atomic E-state index is 6.07. The Morgan fingerprint density at radius 2 is 1.95 bits per heavy atom. The van der Waals surface area contributed by atoms with Crippen LogP contribution < -0.4 is 25.8 Å². The molecule has 1 aliphatic heterocycles. The quantitative estimate of drug-likeness (QED) is 0.728. The third-order valence-corrected chi connectivity index (χ3v) is 3.10. The fourth-order valence-electron chi connectivity index (χ4n) is 2.06. The number of anilines is 4. The Hall–Kier alpha value is -2.96. The van der Waals surface area contributed by atoms with Crippen molar-refractivity contribution >= 4 is 23.0 Å². The van der Waals surface area contributed by atoms with Crippen LogP contribution in [0.15, 0.2) is 37.2 Å². The summed E-state index contributed by atoms with van der Waals surface area (Å²) in [5, 5.41) is 6.22. The Bertz CT molecular complexity index is 690. The molecule has 0 amide bonds. The highest BCUT2D eigenvalue weighted by Crippen LogP contribution is 2.34. The number of aromatic nitrogens is 2. The van der Waals surface area contributed by atoms with E-state index in [4.69, 9.17) is 15.2 Å². The Morgan fingerprint density at radius 3 is 2.77 bits per heavy atom. The standard InChI is InChI=1S/C15H17N5O2/c1-2-5-17-14-13(16)15(19-9-18-14)20-10-3-4-11-12(8-10)22-7-6-21-11/h2-4,8-9H,1,5-7,16H2,(H2,17,18,19,20). The van der Waals surface area contributed by atoms with Gasteiger partial charge in [-0.3, -0.25) is 0 Å². The molecule has 0 fully saturated rings. The van der Waals surface area contributed by atoms with Crippen LogP contribution in [0, 0.1) is 0 Å². The second kappa shape index (κ2) is 6.21. The first-order chi connectivity index (χ1) is 10.8. The van der Waals surface area contributed by atoms with E-state index >= 15 is 0 Å². The van der Waals surface area contributed by atoms with Crippen molar-refractivity contribution in [2.45, 2.75) is 0 Å². The van der Waals surface area contributed by atoms with Gasteiger partial charge in [0.25, 0.3) is 0 Å². The van der Waals surface area contributed by atoms with E-state index in [2.05, 4.69) is 27.2 Å². The summed E-state index contributed by atoms with van der Waals surface area (Å²) in [6.45, 7) is 5.33. The summed E-state index contributed by atoms with van der Waals surface area (Å²) in [6, 6.07) is 5.59. The summed E-state index contributed by atoms with van der Waals surface area (Å²) in [5.74, 6) is 2.53. The van der Waals surface area contributed by atoms with Crippen LogP contribution >= 0.6 is 0 Å². The molecule has 7 heteroatoms. The van der Waals surface area contributed by atoms with Gasteiger partial charge < -0.3 is 25.8 Å². The molecule has 0 unspecified atom stereocenters. The minimum atomic E-state index is 0.444. The lowest BCUT2D eigenvalue weighted by Crippen LogP contribution is -2.15. The van der Waals surface area contributed by atoms with Gasteiger partial charge in [0.1, 0.15) is 25.2 Å². The smallest absolute Gasteiger partial charge is 0.163 e. The largest absolute Gasteiger partial charge is 0.486 e. The molecule has 0 bridgehead atoms. The maximum Gasteiger partial charge on any atom is 0.163 e. The molecule has 114 valence electrons. The molecule has 0 spiro atoms. The number of fused-ring (bicyclic) bond motifs is 1. The summed E-state index contributed by atoms with van der Waals surface area (Å²) in [5.41, 5.74) is 7.32. The highest BCUT2D eigenvalue weighted by Gasteiger charge is 2.13. The number of ether oxygens (including phenoxy) is 2. The molecule has 0 radical (unpaired) electrons. The van der Waals surface area contributed by atoms with E-state index in [-0.39, 0.29) is 0 Å². The monoisotopic (exact) mass is 299 g/mol. The molecular formula is C15H17N5O2. The van der Waals surface area contributed by atoms with Gasteiger partial charge in [0.15, 0.2) is 23.1 Å². The van der Waals surface area contributed by atoms with Crippen molar-refractivity contribution in [1.29, 1.82) is 0 Å². The van der Waals surface area contributed by atoms with E-state index in [9.17, 15) is 0 Å². The number of nitrogens with two attached hydrogens (primary N) is 1. The molecule has 3 rings (SSSR count). The van der Waals surface area contributed by atoms with Crippen molar-refractivity contribution in [3.05, 3.63) is 37.2 Å². The van der Waals surface area contributed by atoms with Crippen LogP contribution in [0.25, 0.3) is 0 Å². The Kier molecular flexibility index (Phi) is 3.95. The molecule has 0 atom stereocenters. The number of rotatable bonds is 5. The average Bonchev–Trinajstić information content (AvgIpc) is 2.55. The van der Waals surface area contributed by atoms with Crippen LogP contribution in [-0.2, 0) is 0 Å².